The zero-order chi connectivity index (χ0) is 14.6. The van der Waals surface area contributed by atoms with Gasteiger partial charge in [0.05, 0.1) is 22.2 Å². The molecule has 0 atom stereocenters. The molecule has 0 saturated heterocycles. The molecule has 19 heavy (non-hydrogen) atoms. The smallest absolute Gasteiger partial charge is 0.337 e. The number of aromatic nitrogens is 1. The summed E-state index contributed by atoms with van der Waals surface area (Å²) in [5.41, 5.74) is 0.261. The number of nitrogens with one attached hydrogen (secondary N) is 1. The fraction of sp³-hybridized carbons (Fsp3) is 0.333. The van der Waals surface area contributed by atoms with Gasteiger partial charge in [-0.25, -0.2) is 4.79 Å². The van der Waals surface area contributed by atoms with Crippen molar-refractivity contribution >= 4 is 34.4 Å². The maximum absolute atomic E-state index is 12.0. The van der Waals surface area contributed by atoms with E-state index in [1.165, 1.54) is 25.4 Å². The Balaban J connectivity index is 2.85. The molecule has 102 valence electrons. The summed E-state index contributed by atoms with van der Waals surface area (Å²) >= 11 is 0.907. The van der Waals surface area contributed by atoms with Gasteiger partial charge < -0.3 is 10.4 Å². The van der Waals surface area contributed by atoms with Crippen LogP contribution >= 0.6 is 11.8 Å². The maximum Gasteiger partial charge on any atom is 0.337 e. The number of carboxylic acids is 1. The van der Waals surface area contributed by atoms with Crippen LogP contribution in [-0.2, 0) is 9.59 Å². The molecule has 0 unspecified atom stereocenters. The van der Waals surface area contributed by atoms with Gasteiger partial charge in [-0.2, -0.15) is 0 Å². The minimum absolute atomic E-state index is 0.0187. The Morgan fingerprint density at radius 3 is 2.47 bits per heavy atom. The van der Waals surface area contributed by atoms with E-state index in [4.69, 9.17) is 5.11 Å². The number of hydrogen-bond donors (Lipinski definition) is 2. The summed E-state index contributed by atoms with van der Waals surface area (Å²) < 4.78 is -0.939. The largest absolute Gasteiger partial charge is 0.478 e. The van der Waals surface area contributed by atoms with Crippen molar-refractivity contribution in [2.75, 3.05) is 5.32 Å². The van der Waals surface area contributed by atoms with Gasteiger partial charge in [0, 0.05) is 13.1 Å². The molecule has 0 aliphatic heterocycles. The number of rotatable bonds is 4. The molecule has 1 heterocycles. The number of hydrogen-bond acceptors (Lipinski definition) is 5. The van der Waals surface area contributed by atoms with Crippen molar-refractivity contribution in [3.63, 3.8) is 0 Å². The van der Waals surface area contributed by atoms with Gasteiger partial charge in [0.15, 0.2) is 5.12 Å². The van der Waals surface area contributed by atoms with E-state index >= 15 is 0 Å². The molecule has 1 aromatic rings. The van der Waals surface area contributed by atoms with Gasteiger partial charge in [-0.1, -0.05) is 11.8 Å². The highest BCUT2D eigenvalue weighted by Gasteiger charge is 2.30. The Hall–Kier alpha value is -1.89. The molecule has 6 nitrogen and oxygen atoms in total. The lowest BCUT2D eigenvalue weighted by Crippen LogP contribution is -2.35. The number of carbonyl (C=O) groups is 3. The van der Waals surface area contributed by atoms with Crippen LogP contribution < -0.4 is 5.32 Å². The van der Waals surface area contributed by atoms with Crippen molar-refractivity contribution < 1.29 is 19.5 Å². The molecule has 7 heteroatoms. The summed E-state index contributed by atoms with van der Waals surface area (Å²) in [5, 5.41) is 11.2. The molecule has 0 spiro atoms. The number of pyridine rings is 1. The van der Waals surface area contributed by atoms with Crippen LogP contribution in [0.2, 0.25) is 0 Å². The van der Waals surface area contributed by atoms with Gasteiger partial charge in [-0.15, -0.1) is 0 Å². The van der Waals surface area contributed by atoms with E-state index in [0.717, 1.165) is 11.8 Å². The molecular weight excluding hydrogens is 268 g/mol. The molecule has 0 radical (unpaired) electrons. The molecule has 0 aromatic carbocycles. The Bertz CT molecular complexity index is 528. The zero-order valence-electron chi connectivity index (χ0n) is 10.8. The third kappa shape index (κ3) is 4.36. The van der Waals surface area contributed by atoms with Gasteiger partial charge in [0.1, 0.15) is 0 Å². The molecule has 1 rings (SSSR count). The first kappa shape index (κ1) is 15.2. The molecule has 0 aliphatic rings. The van der Waals surface area contributed by atoms with Gasteiger partial charge in [0.2, 0.25) is 5.91 Å². The first-order valence-corrected chi connectivity index (χ1v) is 6.23. The van der Waals surface area contributed by atoms with Crippen LogP contribution in [0.3, 0.4) is 0 Å². The Morgan fingerprint density at radius 1 is 1.32 bits per heavy atom. The van der Waals surface area contributed by atoms with Gasteiger partial charge >= 0.3 is 5.97 Å². The second-order valence-corrected chi connectivity index (χ2v) is 6.13. The van der Waals surface area contributed by atoms with Crippen LogP contribution in [0, 0.1) is 0 Å². The zero-order valence-corrected chi connectivity index (χ0v) is 11.6. The number of aromatic carboxylic acids is 1. The van der Waals surface area contributed by atoms with E-state index in [1.54, 1.807) is 13.8 Å². The monoisotopic (exact) mass is 282 g/mol. The van der Waals surface area contributed by atoms with Crippen molar-refractivity contribution in [3.05, 3.63) is 24.0 Å². The highest BCUT2D eigenvalue weighted by molar-refractivity contribution is 8.15. The van der Waals surface area contributed by atoms with E-state index in [-0.39, 0.29) is 16.4 Å². The van der Waals surface area contributed by atoms with Crippen molar-refractivity contribution in [2.24, 2.45) is 0 Å². The van der Waals surface area contributed by atoms with Gasteiger partial charge in [0.25, 0.3) is 0 Å². The van der Waals surface area contributed by atoms with Crippen LogP contribution in [-0.4, -0.2) is 31.8 Å². The standard InChI is InChI=1S/C12H14N2O4S/c1-7(15)19-12(2,3)11(18)14-9-4-8(10(16)17)5-13-6-9/h4-6H,1-3H3,(H,14,18)(H,16,17). The normalized spacial score (nSPS) is 10.9. The van der Waals surface area contributed by atoms with E-state index < -0.39 is 16.6 Å². The second-order valence-electron chi connectivity index (χ2n) is 4.33. The van der Waals surface area contributed by atoms with Crippen LogP contribution in [0.4, 0.5) is 5.69 Å². The van der Waals surface area contributed by atoms with Crippen LogP contribution in [0.25, 0.3) is 0 Å². The summed E-state index contributed by atoms with van der Waals surface area (Å²) in [5.74, 6) is -1.52. The fourth-order valence-corrected chi connectivity index (χ4v) is 2.17. The van der Waals surface area contributed by atoms with Crippen LogP contribution in [0.15, 0.2) is 18.5 Å². The fourth-order valence-electron chi connectivity index (χ4n) is 1.31. The third-order valence-electron chi connectivity index (χ3n) is 2.19. The quantitative estimate of drug-likeness (QED) is 0.873. The highest BCUT2D eigenvalue weighted by Crippen LogP contribution is 2.26. The Labute approximate surface area is 114 Å². The molecule has 0 saturated carbocycles. The van der Waals surface area contributed by atoms with Gasteiger partial charge in [-0.05, 0) is 19.9 Å². The van der Waals surface area contributed by atoms with E-state index in [2.05, 4.69) is 10.3 Å². The molecular formula is C12H14N2O4S. The van der Waals surface area contributed by atoms with Crippen molar-refractivity contribution in [1.29, 1.82) is 0 Å². The number of carboxylic acid groups (broad SMARTS) is 1. The molecule has 1 amide bonds. The second kappa shape index (κ2) is 5.83. The predicted octanol–water partition coefficient (Wildman–Crippen LogP) is 1.78. The molecule has 0 aliphatic carbocycles. The molecule has 0 fully saturated rings. The van der Waals surface area contributed by atoms with Crippen molar-refractivity contribution in [2.45, 2.75) is 25.5 Å². The maximum atomic E-state index is 12.0. The van der Waals surface area contributed by atoms with Crippen molar-refractivity contribution in [3.8, 4) is 0 Å². The lowest BCUT2D eigenvalue weighted by atomic mass is 10.2. The lowest BCUT2D eigenvalue weighted by Gasteiger charge is -2.21. The lowest BCUT2D eigenvalue weighted by molar-refractivity contribution is -0.118. The molecule has 2 N–H and O–H groups in total. The first-order valence-electron chi connectivity index (χ1n) is 5.42. The Morgan fingerprint density at radius 2 is 1.95 bits per heavy atom. The number of anilines is 1. The minimum atomic E-state index is -1.12. The minimum Gasteiger partial charge on any atom is -0.478 e. The highest BCUT2D eigenvalue weighted by atomic mass is 32.2. The topological polar surface area (TPSA) is 96.4 Å². The average Bonchev–Trinajstić information content (AvgIpc) is 2.27. The van der Waals surface area contributed by atoms with Gasteiger partial charge in [-0.3, -0.25) is 14.6 Å². The summed E-state index contributed by atoms with van der Waals surface area (Å²) in [6.07, 6.45) is 2.53. The third-order valence-corrected chi connectivity index (χ3v) is 3.17. The number of carbonyl (C=O) groups excluding carboxylic acids is 2. The SMILES string of the molecule is CC(=O)SC(C)(C)C(=O)Nc1cncc(C(=O)O)c1. The average molecular weight is 282 g/mol. The summed E-state index contributed by atoms with van der Waals surface area (Å²) in [4.78, 5) is 37.6. The number of thioether (sulfide) groups is 1. The number of nitrogens with zero attached hydrogens (tertiary/aromatic N) is 1. The van der Waals surface area contributed by atoms with Crippen molar-refractivity contribution in [1.82, 2.24) is 4.98 Å². The summed E-state index contributed by atoms with van der Waals surface area (Å²) in [6, 6.07) is 1.31. The van der Waals surface area contributed by atoms with E-state index in [0.29, 0.717) is 0 Å². The van der Waals surface area contributed by atoms with Crippen LogP contribution in [0.1, 0.15) is 31.1 Å². The molecule has 0 bridgehead atoms. The molecule has 1 aromatic heterocycles. The summed E-state index contributed by atoms with van der Waals surface area (Å²) in [7, 11) is 0. The number of amides is 1. The van der Waals surface area contributed by atoms with E-state index in [1.807, 2.05) is 0 Å². The predicted molar refractivity (Wildman–Crippen MR) is 72.2 cm³/mol. The van der Waals surface area contributed by atoms with E-state index in [9.17, 15) is 14.4 Å². The van der Waals surface area contributed by atoms with Crippen LogP contribution in [0.5, 0.6) is 0 Å². The first-order chi connectivity index (χ1) is 8.72. The Kier molecular flexibility index (Phi) is 4.66. The summed E-state index contributed by atoms with van der Waals surface area (Å²) in [6.45, 7) is 4.61.